The molecule has 112 valence electrons. The maximum absolute atomic E-state index is 4.45. The molecule has 1 saturated carbocycles. The molecule has 2 rings (SSSR count). The average Bonchev–Trinajstić information content (AvgIpc) is 2.27. The van der Waals surface area contributed by atoms with E-state index in [1.807, 2.05) is 0 Å². The van der Waals surface area contributed by atoms with Crippen LogP contribution >= 0.6 is 24.0 Å². The minimum atomic E-state index is 0. The fraction of sp³-hybridized carbons (Fsp3) is 0.933. The molecule has 0 amide bonds. The Hall–Kier alpha value is 0. The van der Waals surface area contributed by atoms with Crippen LogP contribution in [0.5, 0.6) is 0 Å². The molecule has 1 fully saturated rings. The van der Waals surface area contributed by atoms with Crippen LogP contribution in [-0.2, 0) is 0 Å². The largest absolute Gasteiger partial charge is 0.356 e. The van der Waals surface area contributed by atoms with E-state index in [1.165, 1.54) is 32.1 Å². The zero-order chi connectivity index (χ0) is 13.0. The molecule has 1 heterocycles. The van der Waals surface area contributed by atoms with Crippen LogP contribution in [0.3, 0.4) is 0 Å². The summed E-state index contributed by atoms with van der Waals surface area (Å²) >= 11 is 0. The van der Waals surface area contributed by atoms with E-state index in [9.17, 15) is 0 Å². The third-order valence-electron chi connectivity index (χ3n) is 4.22. The summed E-state index contributed by atoms with van der Waals surface area (Å²) in [5, 5.41) is 6.77. The lowest BCUT2D eigenvalue weighted by Crippen LogP contribution is -2.41. The monoisotopic (exact) mass is 379 g/mol. The normalized spacial score (nSPS) is 29.7. The van der Waals surface area contributed by atoms with Gasteiger partial charge < -0.3 is 10.6 Å². The number of hydrogen-bond donors (Lipinski definition) is 2. The number of nitrogens with zero attached hydrogens (tertiary/aromatic N) is 1. The molecular weight excluding hydrogens is 349 g/mol. The van der Waals surface area contributed by atoms with Gasteiger partial charge in [0, 0.05) is 19.6 Å². The molecule has 1 aliphatic heterocycles. The number of rotatable bonds is 3. The molecule has 0 aromatic rings. The molecule has 2 atom stereocenters. The van der Waals surface area contributed by atoms with Crippen LogP contribution in [0, 0.1) is 17.3 Å². The van der Waals surface area contributed by atoms with Gasteiger partial charge in [0.2, 0.25) is 0 Å². The summed E-state index contributed by atoms with van der Waals surface area (Å²) in [6, 6.07) is 0. The molecule has 1 aliphatic carbocycles. The van der Waals surface area contributed by atoms with Crippen LogP contribution < -0.4 is 10.6 Å². The topological polar surface area (TPSA) is 36.4 Å². The number of hydrogen-bond acceptors (Lipinski definition) is 3. The molecule has 0 aromatic heterocycles. The molecule has 2 N–H and O–H groups in total. The third-order valence-corrected chi connectivity index (χ3v) is 4.22. The van der Waals surface area contributed by atoms with Crippen molar-refractivity contribution in [3.8, 4) is 0 Å². The SMILES string of the molecule is CC1CC(CCNC2=NCCCN2)CC(C)(C)C1.I. The van der Waals surface area contributed by atoms with Crippen molar-refractivity contribution in [1.29, 1.82) is 0 Å². The highest BCUT2D eigenvalue weighted by molar-refractivity contribution is 14.0. The van der Waals surface area contributed by atoms with E-state index in [0.717, 1.165) is 37.4 Å². The summed E-state index contributed by atoms with van der Waals surface area (Å²) in [7, 11) is 0. The average molecular weight is 379 g/mol. The van der Waals surface area contributed by atoms with Gasteiger partial charge in [-0.1, -0.05) is 20.8 Å². The van der Waals surface area contributed by atoms with Crippen molar-refractivity contribution in [2.75, 3.05) is 19.6 Å². The van der Waals surface area contributed by atoms with E-state index in [2.05, 4.69) is 36.4 Å². The number of halogens is 1. The highest BCUT2D eigenvalue weighted by Crippen LogP contribution is 2.42. The maximum Gasteiger partial charge on any atom is 0.191 e. The summed E-state index contributed by atoms with van der Waals surface area (Å²) in [5.41, 5.74) is 0.545. The highest BCUT2D eigenvalue weighted by Gasteiger charge is 2.31. The van der Waals surface area contributed by atoms with Gasteiger partial charge in [0.1, 0.15) is 0 Å². The molecule has 0 spiro atoms. The predicted octanol–water partition coefficient (Wildman–Crippen LogP) is 3.40. The van der Waals surface area contributed by atoms with E-state index in [-0.39, 0.29) is 24.0 Å². The van der Waals surface area contributed by atoms with E-state index in [4.69, 9.17) is 0 Å². The Morgan fingerprint density at radius 2 is 2.16 bits per heavy atom. The first-order valence-corrected chi connectivity index (χ1v) is 7.57. The molecule has 2 unspecified atom stereocenters. The second-order valence-electron chi connectivity index (χ2n) is 7.01. The van der Waals surface area contributed by atoms with Crippen molar-refractivity contribution >= 4 is 29.9 Å². The van der Waals surface area contributed by atoms with Gasteiger partial charge in [-0.05, 0) is 49.4 Å². The van der Waals surface area contributed by atoms with Crippen LogP contribution in [0.25, 0.3) is 0 Å². The summed E-state index contributed by atoms with van der Waals surface area (Å²) in [5.74, 6) is 2.80. The first-order valence-electron chi connectivity index (χ1n) is 7.57. The molecular formula is C15H30IN3. The van der Waals surface area contributed by atoms with Gasteiger partial charge in [-0.2, -0.15) is 0 Å². The molecule has 19 heavy (non-hydrogen) atoms. The summed E-state index contributed by atoms with van der Waals surface area (Å²) in [4.78, 5) is 4.45. The van der Waals surface area contributed by atoms with E-state index >= 15 is 0 Å². The Kier molecular flexibility index (Phi) is 6.91. The van der Waals surface area contributed by atoms with Crippen molar-refractivity contribution in [3.05, 3.63) is 0 Å². The summed E-state index contributed by atoms with van der Waals surface area (Å²) in [6.07, 6.45) is 6.64. The smallest absolute Gasteiger partial charge is 0.191 e. The molecule has 0 bridgehead atoms. The Morgan fingerprint density at radius 1 is 1.37 bits per heavy atom. The van der Waals surface area contributed by atoms with Crippen LogP contribution in [0.4, 0.5) is 0 Å². The van der Waals surface area contributed by atoms with Crippen molar-refractivity contribution in [2.45, 2.75) is 52.9 Å². The van der Waals surface area contributed by atoms with Gasteiger partial charge >= 0.3 is 0 Å². The zero-order valence-electron chi connectivity index (χ0n) is 12.7. The van der Waals surface area contributed by atoms with E-state index < -0.39 is 0 Å². The van der Waals surface area contributed by atoms with Gasteiger partial charge in [0.05, 0.1) is 0 Å². The number of nitrogens with one attached hydrogen (secondary N) is 2. The molecule has 0 radical (unpaired) electrons. The fourth-order valence-electron chi connectivity index (χ4n) is 3.81. The van der Waals surface area contributed by atoms with E-state index in [1.54, 1.807) is 0 Å². The van der Waals surface area contributed by atoms with Crippen LogP contribution in [-0.4, -0.2) is 25.6 Å². The minimum Gasteiger partial charge on any atom is -0.356 e. The fourth-order valence-corrected chi connectivity index (χ4v) is 3.81. The first kappa shape index (κ1) is 17.1. The van der Waals surface area contributed by atoms with Gasteiger partial charge in [-0.25, -0.2) is 0 Å². The van der Waals surface area contributed by atoms with Crippen molar-refractivity contribution in [3.63, 3.8) is 0 Å². The van der Waals surface area contributed by atoms with Gasteiger partial charge in [0.15, 0.2) is 5.96 Å². The Balaban J connectivity index is 0.00000180. The lowest BCUT2D eigenvalue weighted by molar-refractivity contribution is 0.128. The minimum absolute atomic E-state index is 0. The number of guanidine groups is 1. The maximum atomic E-state index is 4.45. The van der Waals surface area contributed by atoms with Crippen molar-refractivity contribution in [1.82, 2.24) is 10.6 Å². The van der Waals surface area contributed by atoms with Crippen LogP contribution in [0.1, 0.15) is 52.9 Å². The first-order chi connectivity index (χ1) is 8.55. The Morgan fingerprint density at radius 3 is 2.79 bits per heavy atom. The molecule has 0 aromatic carbocycles. The van der Waals surface area contributed by atoms with Gasteiger partial charge in [0.25, 0.3) is 0 Å². The quantitative estimate of drug-likeness (QED) is 0.738. The summed E-state index contributed by atoms with van der Waals surface area (Å²) < 4.78 is 0. The highest BCUT2D eigenvalue weighted by atomic mass is 127. The molecule has 0 saturated heterocycles. The van der Waals surface area contributed by atoms with Gasteiger partial charge in [-0.15, -0.1) is 24.0 Å². The van der Waals surface area contributed by atoms with Crippen LogP contribution in [0.2, 0.25) is 0 Å². The predicted molar refractivity (Wildman–Crippen MR) is 93.2 cm³/mol. The zero-order valence-corrected chi connectivity index (χ0v) is 15.0. The Bertz CT molecular complexity index is 302. The third kappa shape index (κ3) is 5.88. The Labute approximate surface area is 135 Å². The van der Waals surface area contributed by atoms with E-state index in [0.29, 0.717) is 5.41 Å². The summed E-state index contributed by atoms with van der Waals surface area (Å²) in [6.45, 7) is 10.4. The van der Waals surface area contributed by atoms with Gasteiger partial charge in [-0.3, -0.25) is 4.99 Å². The number of aliphatic imine (C=N–C) groups is 1. The van der Waals surface area contributed by atoms with Crippen molar-refractivity contribution < 1.29 is 0 Å². The second-order valence-corrected chi connectivity index (χ2v) is 7.01. The molecule has 4 heteroatoms. The van der Waals surface area contributed by atoms with Crippen LogP contribution in [0.15, 0.2) is 4.99 Å². The lowest BCUT2D eigenvalue weighted by atomic mass is 9.67. The standard InChI is InChI=1S/C15H29N3.HI/c1-12-9-13(11-15(2,3)10-12)5-8-18-14-16-6-4-7-17-14;/h12-13H,4-11H2,1-3H3,(H2,16,17,18);1H. The molecule has 2 aliphatic rings. The van der Waals surface area contributed by atoms with Crippen molar-refractivity contribution in [2.24, 2.45) is 22.2 Å². The molecule has 3 nitrogen and oxygen atoms in total. The second kappa shape index (κ2) is 7.70. The lowest BCUT2D eigenvalue weighted by Gasteiger charge is -2.39.